The summed E-state index contributed by atoms with van der Waals surface area (Å²) in [6, 6.07) is 13.8. The molecule has 0 heterocycles. The van der Waals surface area contributed by atoms with Crippen molar-refractivity contribution in [3.05, 3.63) is 76.8 Å². The minimum Gasteiger partial charge on any atom is -0.506 e. The van der Waals surface area contributed by atoms with Crippen molar-refractivity contribution in [3.8, 4) is 11.5 Å². The number of phenols is 1. The van der Waals surface area contributed by atoms with Gasteiger partial charge in [-0.05, 0) is 36.4 Å². The zero-order valence-corrected chi connectivity index (χ0v) is 18.1. The van der Waals surface area contributed by atoms with Crippen molar-refractivity contribution in [1.29, 1.82) is 0 Å². The molecule has 13 heteroatoms. The minimum atomic E-state index is -4.53. The minimum absolute atomic E-state index is 0.144. The Bertz CT molecular complexity index is 1390. The molecule has 0 spiro atoms. The molecule has 0 saturated carbocycles. The van der Waals surface area contributed by atoms with Gasteiger partial charge < -0.3 is 9.84 Å². The second-order valence-corrected chi connectivity index (χ2v) is 9.65. The number of aromatic hydroxyl groups is 1. The van der Waals surface area contributed by atoms with E-state index in [1.807, 2.05) is 4.72 Å². The Balaban J connectivity index is 1.98. The molecule has 32 heavy (non-hydrogen) atoms. The number of nitrogens with zero attached hydrogens (tertiary/aromatic N) is 1. The van der Waals surface area contributed by atoms with Gasteiger partial charge in [0.25, 0.3) is 25.7 Å². The lowest BCUT2D eigenvalue weighted by atomic mass is 10.3. The predicted molar refractivity (Wildman–Crippen MR) is 116 cm³/mol. The lowest BCUT2D eigenvalue weighted by molar-refractivity contribution is -0.387. The molecule has 168 valence electrons. The van der Waals surface area contributed by atoms with Gasteiger partial charge in [-0.2, -0.15) is 0 Å². The maximum Gasteiger partial charge on any atom is 0.289 e. The Morgan fingerprint density at radius 3 is 2.19 bits per heavy atom. The third-order valence-corrected chi connectivity index (χ3v) is 7.00. The first-order valence-corrected chi connectivity index (χ1v) is 11.8. The van der Waals surface area contributed by atoms with Gasteiger partial charge in [-0.15, -0.1) is 0 Å². The first kappa shape index (κ1) is 22.8. The van der Waals surface area contributed by atoms with E-state index in [2.05, 4.69) is 4.72 Å². The van der Waals surface area contributed by atoms with Gasteiger partial charge in [0, 0.05) is 6.07 Å². The van der Waals surface area contributed by atoms with Crippen LogP contribution in [0.2, 0.25) is 0 Å². The number of rotatable bonds is 8. The number of phenolic OH excluding ortho intramolecular Hbond substituents is 1. The third kappa shape index (κ3) is 4.73. The second kappa shape index (κ2) is 8.72. The van der Waals surface area contributed by atoms with E-state index < -0.39 is 47.0 Å². The van der Waals surface area contributed by atoms with Crippen LogP contribution in [0, 0.1) is 10.1 Å². The van der Waals surface area contributed by atoms with Crippen LogP contribution in [-0.2, 0) is 20.0 Å². The zero-order chi connectivity index (χ0) is 23.5. The van der Waals surface area contributed by atoms with Gasteiger partial charge >= 0.3 is 0 Å². The number of hydrogen-bond donors (Lipinski definition) is 3. The summed E-state index contributed by atoms with van der Waals surface area (Å²) >= 11 is 0. The number of methoxy groups -OCH3 is 1. The van der Waals surface area contributed by atoms with Gasteiger partial charge in [-0.1, -0.05) is 24.3 Å². The fraction of sp³-hybridized carbons (Fsp3) is 0.0526. The number of para-hydroxylation sites is 3. The molecule has 0 aromatic heterocycles. The largest absolute Gasteiger partial charge is 0.506 e. The Kier molecular flexibility index (Phi) is 6.23. The van der Waals surface area contributed by atoms with Crippen molar-refractivity contribution in [2.75, 3.05) is 16.6 Å². The summed E-state index contributed by atoms with van der Waals surface area (Å²) in [7, 11) is -7.38. The van der Waals surface area contributed by atoms with Gasteiger partial charge in [0.2, 0.25) is 0 Å². The Morgan fingerprint density at radius 1 is 0.875 bits per heavy atom. The number of anilines is 2. The molecule has 3 N–H and O–H groups in total. The predicted octanol–water partition coefficient (Wildman–Crippen LogP) is 2.91. The standard InChI is InChI=1S/C19H17N3O8S2/c1-30-18-8-4-2-6-14(18)20-31(26,27)13-10-11-17(23)15(12-13)21-32(28,29)19-9-5-3-7-16(19)22(24)25/h2-12,20-21,23H,1H3. The van der Waals surface area contributed by atoms with Crippen molar-refractivity contribution in [2.45, 2.75) is 9.79 Å². The number of hydrogen-bond acceptors (Lipinski definition) is 8. The fourth-order valence-electron chi connectivity index (χ4n) is 2.73. The van der Waals surface area contributed by atoms with E-state index in [1.54, 1.807) is 18.2 Å². The van der Waals surface area contributed by atoms with Crippen molar-refractivity contribution in [1.82, 2.24) is 0 Å². The molecule has 0 amide bonds. The Hall–Kier alpha value is -3.84. The summed E-state index contributed by atoms with van der Waals surface area (Å²) in [4.78, 5) is 9.27. The van der Waals surface area contributed by atoms with E-state index >= 15 is 0 Å². The highest BCUT2D eigenvalue weighted by Gasteiger charge is 2.27. The topological polar surface area (TPSA) is 165 Å². The van der Waals surface area contributed by atoms with E-state index in [9.17, 15) is 32.1 Å². The van der Waals surface area contributed by atoms with E-state index in [-0.39, 0.29) is 16.3 Å². The van der Waals surface area contributed by atoms with Crippen molar-refractivity contribution in [3.63, 3.8) is 0 Å². The molecule has 3 aromatic rings. The number of nitrogens with one attached hydrogen (secondary N) is 2. The lowest BCUT2D eigenvalue weighted by Gasteiger charge is -2.14. The van der Waals surface area contributed by atoms with Gasteiger partial charge in [0.15, 0.2) is 4.90 Å². The number of sulfonamides is 2. The average molecular weight is 479 g/mol. The van der Waals surface area contributed by atoms with E-state index in [0.717, 1.165) is 30.3 Å². The summed E-state index contributed by atoms with van der Waals surface area (Å²) in [5, 5.41) is 21.2. The molecule has 0 unspecified atom stereocenters. The molecule has 11 nitrogen and oxygen atoms in total. The first-order valence-electron chi connectivity index (χ1n) is 8.80. The number of ether oxygens (including phenoxy) is 1. The smallest absolute Gasteiger partial charge is 0.289 e. The summed E-state index contributed by atoms with van der Waals surface area (Å²) in [6.45, 7) is 0. The van der Waals surface area contributed by atoms with Crippen LogP contribution >= 0.6 is 0 Å². The summed E-state index contributed by atoms with van der Waals surface area (Å²) in [5.74, 6) is -0.324. The molecular weight excluding hydrogens is 462 g/mol. The highest BCUT2D eigenvalue weighted by Crippen LogP contribution is 2.32. The van der Waals surface area contributed by atoms with E-state index in [1.165, 1.54) is 25.3 Å². The van der Waals surface area contributed by atoms with Crippen LogP contribution in [0.4, 0.5) is 17.1 Å². The molecule has 0 saturated heterocycles. The SMILES string of the molecule is COc1ccccc1NS(=O)(=O)c1ccc(O)c(NS(=O)(=O)c2ccccc2[N+](=O)[O-])c1. The maximum atomic E-state index is 12.8. The molecule has 0 aliphatic heterocycles. The molecular formula is C19H17N3O8S2. The van der Waals surface area contributed by atoms with Crippen molar-refractivity contribution >= 4 is 37.1 Å². The van der Waals surface area contributed by atoms with Gasteiger partial charge in [-0.25, -0.2) is 16.8 Å². The zero-order valence-electron chi connectivity index (χ0n) is 16.4. The molecule has 3 aromatic carbocycles. The molecule has 0 aliphatic rings. The van der Waals surface area contributed by atoms with Crippen molar-refractivity contribution < 1.29 is 31.6 Å². The fourth-order valence-corrected chi connectivity index (χ4v) is 5.07. The first-order chi connectivity index (χ1) is 15.0. The highest BCUT2D eigenvalue weighted by molar-refractivity contribution is 7.93. The average Bonchev–Trinajstić information content (AvgIpc) is 2.75. The molecule has 0 aliphatic carbocycles. The quantitative estimate of drug-likeness (QED) is 0.252. The van der Waals surface area contributed by atoms with E-state index in [4.69, 9.17) is 4.74 Å². The highest BCUT2D eigenvalue weighted by atomic mass is 32.2. The lowest BCUT2D eigenvalue weighted by Crippen LogP contribution is -2.16. The van der Waals surface area contributed by atoms with Gasteiger partial charge in [0.05, 0.1) is 28.3 Å². The summed E-state index contributed by atoms with van der Waals surface area (Å²) in [6.07, 6.45) is 0. The molecule has 0 radical (unpaired) electrons. The molecule has 3 rings (SSSR count). The third-order valence-electron chi connectivity index (χ3n) is 4.23. The number of benzene rings is 3. The summed E-state index contributed by atoms with van der Waals surface area (Å²) < 4.78 is 60.4. The van der Waals surface area contributed by atoms with Gasteiger partial charge in [0.1, 0.15) is 11.5 Å². The van der Waals surface area contributed by atoms with Gasteiger partial charge in [-0.3, -0.25) is 19.6 Å². The monoisotopic (exact) mass is 479 g/mol. The van der Waals surface area contributed by atoms with Crippen LogP contribution in [0.15, 0.2) is 76.5 Å². The van der Waals surface area contributed by atoms with Crippen LogP contribution in [0.5, 0.6) is 11.5 Å². The number of nitro benzene ring substituents is 1. The molecule has 0 atom stereocenters. The van der Waals surface area contributed by atoms with Crippen LogP contribution < -0.4 is 14.2 Å². The normalized spacial score (nSPS) is 11.5. The Labute approximate surface area is 183 Å². The van der Waals surface area contributed by atoms with Crippen molar-refractivity contribution in [2.24, 2.45) is 0 Å². The summed E-state index contributed by atoms with van der Waals surface area (Å²) in [5.41, 5.74) is -1.02. The van der Waals surface area contributed by atoms with Crippen LogP contribution in [0.1, 0.15) is 0 Å². The Morgan fingerprint density at radius 2 is 1.50 bits per heavy atom. The van der Waals surface area contributed by atoms with E-state index in [0.29, 0.717) is 0 Å². The van der Waals surface area contributed by atoms with Crippen LogP contribution in [0.3, 0.4) is 0 Å². The molecule has 0 bridgehead atoms. The second-order valence-electron chi connectivity index (χ2n) is 6.32. The molecule has 0 fully saturated rings. The van der Waals surface area contributed by atoms with Crippen LogP contribution in [0.25, 0.3) is 0 Å². The maximum absolute atomic E-state index is 12.8. The number of nitro groups is 1. The van der Waals surface area contributed by atoms with Crippen LogP contribution in [-0.4, -0.2) is 34.0 Å².